The molecule has 1 aliphatic carbocycles. The zero-order chi connectivity index (χ0) is 23.4. The average molecular weight is 464 g/mol. The number of rotatable bonds is 6. The molecule has 7 heteroatoms. The van der Waals surface area contributed by atoms with Crippen molar-refractivity contribution in [3.05, 3.63) is 42.0 Å². The predicted molar refractivity (Wildman–Crippen MR) is 121 cm³/mol. The predicted octanol–water partition coefficient (Wildman–Crippen LogP) is 6.11. The Morgan fingerprint density at radius 2 is 1.76 bits per heavy atom. The van der Waals surface area contributed by atoms with Crippen LogP contribution in [0.25, 0.3) is 10.8 Å². The Morgan fingerprint density at radius 3 is 2.42 bits per heavy atom. The quantitative estimate of drug-likeness (QED) is 0.484. The molecule has 180 valence electrons. The van der Waals surface area contributed by atoms with Crippen LogP contribution in [0.4, 0.5) is 13.2 Å². The van der Waals surface area contributed by atoms with E-state index in [0.717, 1.165) is 49.0 Å². The fourth-order valence-corrected chi connectivity index (χ4v) is 5.04. The second-order valence-corrected chi connectivity index (χ2v) is 9.25. The van der Waals surface area contributed by atoms with E-state index in [9.17, 15) is 18.0 Å². The molecule has 0 N–H and O–H groups in total. The Hall–Kier alpha value is -2.28. The lowest BCUT2D eigenvalue weighted by Gasteiger charge is -2.31. The fourth-order valence-electron chi connectivity index (χ4n) is 5.04. The first kappa shape index (κ1) is 23.9. The van der Waals surface area contributed by atoms with Crippen LogP contribution in [0, 0.1) is 11.8 Å². The van der Waals surface area contributed by atoms with Gasteiger partial charge in [-0.1, -0.05) is 24.3 Å². The maximum Gasteiger partial charge on any atom is 0.391 e. The number of hydrogen-bond donors (Lipinski definition) is 0. The molecule has 2 aromatic carbocycles. The summed E-state index contributed by atoms with van der Waals surface area (Å²) in [5.74, 6) is -0.537. The Balaban J connectivity index is 1.35. The Morgan fingerprint density at radius 1 is 1.03 bits per heavy atom. The first-order valence-corrected chi connectivity index (χ1v) is 12.0. The van der Waals surface area contributed by atoms with Gasteiger partial charge < -0.3 is 9.47 Å². The van der Waals surface area contributed by atoms with E-state index in [-0.39, 0.29) is 30.8 Å². The highest BCUT2D eigenvalue weighted by atomic mass is 19.4. The lowest BCUT2D eigenvalue weighted by Crippen LogP contribution is -2.36. The van der Waals surface area contributed by atoms with E-state index in [1.165, 1.54) is 5.56 Å². The number of halogens is 3. The first-order valence-electron chi connectivity index (χ1n) is 12.0. The zero-order valence-corrected chi connectivity index (χ0v) is 19.1. The third-order valence-electron chi connectivity index (χ3n) is 6.95. The highest BCUT2D eigenvalue weighted by Gasteiger charge is 2.41. The molecule has 0 spiro atoms. The van der Waals surface area contributed by atoms with Crippen molar-refractivity contribution in [2.75, 3.05) is 19.7 Å². The molecule has 0 amide bonds. The van der Waals surface area contributed by atoms with Crippen LogP contribution < -0.4 is 4.74 Å². The minimum absolute atomic E-state index is 0.00343. The number of alkyl halides is 3. The number of carbonyl (C=O) groups is 1. The molecule has 0 bridgehead atoms. The normalized spacial score (nSPS) is 22.9. The molecule has 1 saturated heterocycles. The van der Waals surface area contributed by atoms with Gasteiger partial charge in [0, 0.05) is 11.9 Å². The van der Waals surface area contributed by atoms with Gasteiger partial charge in [0.15, 0.2) is 0 Å². The summed E-state index contributed by atoms with van der Waals surface area (Å²) < 4.78 is 50.1. The van der Waals surface area contributed by atoms with Crippen molar-refractivity contribution in [1.82, 2.24) is 4.90 Å². The number of nitrogens with zero attached hydrogens (tertiary/aromatic N) is 1. The third kappa shape index (κ3) is 5.99. The molecule has 4 nitrogen and oxygen atoms in total. The van der Waals surface area contributed by atoms with E-state index in [2.05, 4.69) is 17.0 Å². The minimum Gasteiger partial charge on any atom is -0.490 e. The number of piperidine rings is 1. The highest BCUT2D eigenvalue weighted by molar-refractivity contribution is 5.88. The number of fused-ring (bicyclic) bond motifs is 1. The van der Waals surface area contributed by atoms with Crippen LogP contribution >= 0.6 is 0 Å². The second kappa shape index (κ2) is 10.3. The lowest BCUT2D eigenvalue weighted by molar-refractivity contribution is -0.185. The van der Waals surface area contributed by atoms with Gasteiger partial charge in [-0.15, -0.1) is 0 Å². The van der Waals surface area contributed by atoms with Gasteiger partial charge in [0.25, 0.3) is 0 Å². The maximum atomic E-state index is 12.9. The smallest absolute Gasteiger partial charge is 0.391 e. The van der Waals surface area contributed by atoms with Crippen LogP contribution in [0.3, 0.4) is 0 Å². The fraction of sp³-hybridized carbons (Fsp3) is 0.577. The van der Waals surface area contributed by atoms with Gasteiger partial charge in [-0.05, 0) is 81.6 Å². The van der Waals surface area contributed by atoms with E-state index in [1.807, 2.05) is 31.2 Å². The van der Waals surface area contributed by atoms with Crippen molar-refractivity contribution in [2.24, 2.45) is 11.8 Å². The number of likely N-dealkylation sites (tertiary alicyclic amines) is 1. The van der Waals surface area contributed by atoms with Gasteiger partial charge >= 0.3 is 12.1 Å². The van der Waals surface area contributed by atoms with E-state index in [4.69, 9.17) is 9.47 Å². The molecular weight excluding hydrogens is 431 g/mol. The van der Waals surface area contributed by atoms with Crippen molar-refractivity contribution in [3.8, 4) is 5.75 Å². The number of hydrogen-bond acceptors (Lipinski definition) is 4. The summed E-state index contributed by atoms with van der Waals surface area (Å²) in [7, 11) is 0. The van der Waals surface area contributed by atoms with Crippen LogP contribution in [-0.2, 0) is 16.1 Å². The van der Waals surface area contributed by atoms with Gasteiger partial charge in [-0.25, -0.2) is 0 Å². The number of ether oxygens (including phenoxy) is 2. The van der Waals surface area contributed by atoms with Crippen molar-refractivity contribution in [1.29, 1.82) is 0 Å². The highest BCUT2D eigenvalue weighted by Crippen LogP contribution is 2.39. The summed E-state index contributed by atoms with van der Waals surface area (Å²) >= 11 is 0. The average Bonchev–Trinajstić information content (AvgIpc) is 2.79. The van der Waals surface area contributed by atoms with Crippen molar-refractivity contribution in [3.63, 3.8) is 0 Å². The summed E-state index contributed by atoms with van der Waals surface area (Å²) in [6.07, 6.45) is -1.50. The monoisotopic (exact) mass is 463 g/mol. The standard InChI is InChI=1S/C26H32F3NO3/c1-2-32-25(31)19-12-14-30(15-13-19)17-18-6-11-23-20(16-18)4-3-5-24(23)33-22-9-7-21(8-10-22)26(27,28)29/h3-6,11,16,19,21-22H,2,7-10,12-15,17H2,1H3/t21-,22-. The van der Waals surface area contributed by atoms with E-state index < -0.39 is 12.1 Å². The van der Waals surface area contributed by atoms with Gasteiger partial charge in [0.1, 0.15) is 5.75 Å². The molecule has 4 rings (SSSR count). The number of benzene rings is 2. The van der Waals surface area contributed by atoms with Crippen LogP contribution in [0.15, 0.2) is 36.4 Å². The molecular formula is C26H32F3NO3. The first-order chi connectivity index (χ1) is 15.8. The van der Waals surface area contributed by atoms with Crippen LogP contribution in [0.2, 0.25) is 0 Å². The second-order valence-electron chi connectivity index (χ2n) is 9.25. The van der Waals surface area contributed by atoms with Gasteiger partial charge in [0.05, 0.1) is 24.5 Å². The molecule has 33 heavy (non-hydrogen) atoms. The number of esters is 1. The third-order valence-corrected chi connectivity index (χ3v) is 6.95. The molecule has 1 saturated carbocycles. The summed E-state index contributed by atoms with van der Waals surface area (Å²) in [5.41, 5.74) is 1.19. The van der Waals surface area contributed by atoms with Gasteiger partial charge in [-0.2, -0.15) is 13.2 Å². The summed E-state index contributed by atoms with van der Waals surface area (Å²) in [6.45, 7) is 4.81. The molecule has 0 radical (unpaired) electrons. The lowest BCUT2D eigenvalue weighted by atomic mass is 9.87. The van der Waals surface area contributed by atoms with E-state index >= 15 is 0 Å². The van der Waals surface area contributed by atoms with Crippen LogP contribution in [-0.4, -0.2) is 42.8 Å². The Kier molecular flexibility index (Phi) is 7.47. The topological polar surface area (TPSA) is 38.8 Å². The number of carbonyl (C=O) groups excluding carboxylic acids is 1. The molecule has 0 unspecified atom stereocenters. The summed E-state index contributed by atoms with van der Waals surface area (Å²) in [6, 6.07) is 12.2. The summed E-state index contributed by atoms with van der Waals surface area (Å²) in [5, 5.41) is 2.05. The molecule has 0 aromatic heterocycles. The molecule has 1 heterocycles. The van der Waals surface area contributed by atoms with Crippen molar-refractivity contribution >= 4 is 16.7 Å². The Labute approximate surface area is 193 Å². The van der Waals surface area contributed by atoms with Gasteiger partial charge in [0.2, 0.25) is 0 Å². The molecule has 2 aliphatic rings. The molecule has 2 aromatic rings. The minimum atomic E-state index is -4.10. The van der Waals surface area contributed by atoms with Crippen molar-refractivity contribution < 1.29 is 27.4 Å². The molecule has 1 aliphatic heterocycles. The van der Waals surface area contributed by atoms with Crippen molar-refractivity contribution in [2.45, 2.75) is 64.3 Å². The Bertz CT molecular complexity index is 945. The zero-order valence-electron chi connectivity index (χ0n) is 19.1. The van der Waals surface area contributed by atoms with Gasteiger partial charge in [-0.3, -0.25) is 9.69 Å². The molecule has 0 atom stereocenters. The molecule has 2 fully saturated rings. The SMILES string of the molecule is CCOC(=O)C1CCN(Cc2ccc3c(O[C@H]4CC[C@H](C(F)(F)F)CC4)cccc3c2)CC1. The van der Waals surface area contributed by atoms with Crippen LogP contribution in [0.1, 0.15) is 51.0 Å². The summed E-state index contributed by atoms with van der Waals surface area (Å²) in [4.78, 5) is 14.3. The maximum absolute atomic E-state index is 12.9. The largest absolute Gasteiger partial charge is 0.490 e. The van der Waals surface area contributed by atoms with E-state index in [0.29, 0.717) is 19.4 Å². The van der Waals surface area contributed by atoms with E-state index in [1.54, 1.807) is 0 Å². The van der Waals surface area contributed by atoms with Crippen LogP contribution in [0.5, 0.6) is 5.75 Å².